The third kappa shape index (κ3) is 2.46. The van der Waals surface area contributed by atoms with Crippen LogP contribution in [0.4, 0.5) is 15.8 Å². The molecular weight excluding hydrogens is 375 g/mol. The van der Waals surface area contributed by atoms with Gasteiger partial charge < -0.3 is 9.64 Å². The number of benzene rings is 1. The number of rotatable bonds is 4. The van der Waals surface area contributed by atoms with Gasteiger partial charge in [0.2, 0.25) is 5.69 Å². The van der Waals surface area contributed by atoms with Crippen LogP contribution in [-0.4, -0.2) is 29.0 Å². The summed E-state index contributed by atoms with van der Waals surface area (Å²) >= 11 is 3.42. The van der Waals surface area contributed by atoms with Crippen molar-refractivity contribution < 1.29 is 9.13 Å². The molecule has 1 aromatic carbocycles. The Kier molecular flexibility index (Phi) is 3.72. The van der Waals surface area contributed by atoms with Crippen molar-refractivity contribution in [2.75, 3.05) is 18.0 Å². The summed E-state index contributed by atoms with van der Waals surface area (Å²) in [5, 5.41) is 4.17. The van der Waals surface area contributed by atoms with E-state index in [4.69, 9.17) is 11.3 Å². The minimum absolute atomic E-state index is 0.142. The Labute approximate surface area is 148 Å². The normalized spacial score (nSPS) is 16.7. The van der Waals surface area contributed by atoms with Crippen molar-refractivity contribution >= 4 is 27.3 Å². The second-order valence-electron chi connectivity index (χ2n) is 6.17. The number of aryl methyl sites for hydroxylation is 1. The topological polar surface area (TPSA) is 34.6 Å². The number of nitrogens with zero attached hydrogens (tertiary/aromatic N) is 4. The SMILES string of the molecule is [C-]#[N+]c1c(OC2CC2)cc(N2CCC2)c(F)c1-c1c(Br)cnn1C. The second-order valence-corrected chi connectivity index (χ2v) is 7.02. The fourth-order valence-electron chi connectivity index (χ4n) is 2.87. The van der Waals surface area contributed by atoms with Gasteiger partial charge in [0.1, 0.15) is 11.6 Å². The fraction of sp³-hybridized carbons (Fsp3) is 0.412. The van der Waals surface area contributed by atoms with Gasteiger partial charge in [0, 0.05) is 25.7 Å². The smallest absolute Gasteiger partial charge is 0.240 e. The summed E-state index contributed by atoms with van der Waals surface area (Å²) in [6.07, 6.45) is 4.77. The van der Waals surface area contributed by atoms with E-state index in [2.05, 4.69) is 25.9 Å². The lowest BCUT2D eigenvalue weighted by Crippen LogP contribution is -2.37. The maximum Gasteiger partial charge on any atom is 0.240 e. The summed E-state index contributed by atoms with van der Waals surface area (Å²) in [5.74, 6) is 0.0899. The first-order valence-corrected chi connectivity index (χ1v) is 8.73. The Bertz CT molecular complexity index is 830. The Morgan fingerprint density at radius 1 is 1.42 bits per heavy atom. The number of hydrogen-bond acceptors (Lipinski definition) is 3. The van der Waals surface area contributed by atoms with Crippen LogP contribution in [0.1, 0.15) is 19.3 Å². The highest BCUT2D eigenvalue weighted by atomic mass is 79.9. The fourth-order valence-corrected chi connectivity index (χ4v) is 3.42. The molecule has 7 heteroatoms. The monoisotopic (exact) mass is 390 g/mol. The van der Waals surface area contributed by atoms with Gasteiger partial charge in [-0.15, -0.1) is 0 Å². The molecule has 1 saturated carbocycles. The van der Waals surface area contributed by atoms with Gasteiger partial charge >= 0.3 is 0 Å². The lowest BCUT2D eigenvalue weighted by atomic mass is 10.0. The van der Waals surface area contributed by atoms with Gasteiger partial charge in [-0.05, 0) is 41.3 Å². The largest absolute Gasteiger partial charge is 0.501 e. The molecule has 1 aromatic heterocycles. The highest BCUT2D eigenvalue weighted by Crippen LogP contribution is 2.48. The van der Waals surface area contributed by atoms with E-state index in [1.807, 2.05) is 4.90 Å². The Hall–Kier alpha value is -2.07. The van der Waals surface area contributed by atoms with Crippen LogP contribution in [0, 0.1) is 12.4 Å². The first-order chi connectivity index (χ1) is 11.6. The van der Waals surface area contributed by atoms with Crippen molar-refractivity contribution in [3.63, 3.8) is 0 Å². The Morgan fingerprint density at radius 3 is 2.67 bits per heavy atom. The van der Waals surface area contributed by atoms with Crippen LogP contribution in [0.3, 0.4) is 0 Å². The average molecular weight is 391 g/mol. The van der Waals surface area contributed by atoms with Crippen LogP contribution in [-0.2, 0) is 7.05 Å². The van der Waals surface area contributed by atoms with Crippen molar-refractivity contribution in [3.05, 3.63) is 34.0 Å². The molecule has 5 nitrogen and oxygen atoms in total. The average Bonchev–Trinajstić information content (AvgIpc) is 3.26. The Balaban J connectivity index is 1.96. The molecule has 1 saturated heterocycles. The van der Waals surface area contributed by atoms with E-state index in [1.165, 1.54) is 0 Å². The minimum Gasteiger partial charge on any atom is -0.501 e. The van der Waals surface area contributed by atoms with Crippen LogP contribution < -0.4 is 9.64 Å². The van der Waals surface area contributed by atoms with E-state index in [0.29, 0.717) is 21.6 Å². The summed E-state index contributed by atoms with van der Waals surface area (Å²) in [4.78, 5) is 5.58. The molecule has 0 N–H and O–H groups in total. The molecular formula is C17H16BrFN4O. The summed E-state index contributed by atoms with van der Waals surface area (Å²) < 4.78 is 23.5. The van der Waals surface area contributed by atoms with E-state index >= 15 is 4.39 Å². The summed E-state index contributed by atoms with van der Waals surface area (Å²) in [6.45, 7) is 9.23. The molecule has 0 bridgehead atoms. The minimum atomic E-state index is -0.381. The van der Waals surface area contributed by atoms with Crippen molar-refractivity contribution in [2.45, 2.75) is 25.4 Å². The number of aromatic nitrogens is 2. The van der Waals surface area contributed by atoms with Gasteiger partial charge in [-0.25, -0.2) is 9.24 Å². The molecule has 0 atom stereocenters. The maximum atomic E-state index is 15.3. The van der Waals surface area contributed by atoms with Gasteiger partial charge in [0.05, 0.1) is 34.7 Å². The molecule has 0 radical (unpaired) electrons. The molecule has 24 heavy (non-hydrogen) atoms. The van der Waals surface area contributed by atoms with Crippen molar-refractivity contribution in [1.82, 2.24) is 9.78 Å². The third-order valence-electron chi connectivity index (χ3n) is 4.44. The molecule has 124 valence electrons. The molecule has 1 aliphatic heterocycles. The number of halogens is 2. The van der Waals surface area contributed by atoms with E-state index < -0.39 is 0 Å². The molecule has 2 aromatic rings. The van der Waals surface area contributed by atoms with E-state index in [0.717, 1.165) is 32.4 Å². The molecule has 4 rings (SSSR count). The first-order valence-electron chi connectivity index (χ1n) is 7.93. The molecule has 1 aliphatic carbocycles. The van der Waals surface area contributed by atoms with Gasteiger partial charge in [-0.1, -0.05) is 0 Å². The van der Waals surface area contributed by atoms with Crippen LogP contribution in [0.25, 0.3) is 16.1 Å². The first kappa shape index (κ1) is 15.5. The van der Waals surface area contributed by atoms with Gasteiger partial charge in [-0.2, -0.15) is 5.10 Å². The van der Waals surface area contributed by atoms with Gasteiger partial charge in [0.25, 0.3) is 0 Å². The van der Waals surface area contributed by atoms with Crippen LogP contribution in [0.15, 0.2) is 16.7 Å². The summed E-state index contributed by atoms with van der Waals surface area (Å²) in [5.41, 5.74) is 1.54. The maximum absolute atomic E-state index is 15.3. The number of anilines is 1. The number of ether oxygens (including phenoxy) is 1. The van der Waals surface area contributed by atoms with Crippen LogP contribution in [0.5, 0.6) is 5.75 Å². The van der Waals surface area contributed by atoms with E-state index in [9.17, 15) is 0 Å². The molecule has 2 fully saturated rings. The summed E-state index contributed by atoms with van der Waals surface area (Å²) in [6, 6.07) is 1.69. The molecule has 0 amide bonds. The zero-order valence-corrected chi connectivity index (χ0v) is 14.8. The zero-order chi connectivity index (χ0) is 16.8. The third-order valence-corrected chi connectivity index (χ3v) is 5.02. The lowest BCUT2D eigenvalue weighted by molar-refractivity contribution is 0.305. The van der Waals surface area contributed by atoms with Crippen molar-refractivity contribution in [2.24, 2.45) is 7.05 Å². The van der Waals surface area contributed by atoms with Crippen molar-refractivity contribution in [3.8, 4) is 17.0 Å². The molecule has 2 aliphatic rings. The Morgan fingerprint density at radius 2 is 2.17 bits per heavy atom. The standard InChI is InChI=1S/C17H16BrFN4O/c1-20-16-13(24-10-4-5-10)8-12(23-6-3-7-23)15(19)14(16)17-11(18)9-21-22(17)2/h8-10H,3-7H2,2H3. The summed E-state index contributed by atoms with van der Waals surface area (Å²) in [7, 11) is 1.74. The highest BCUT2D eigenvalue weighted by Gasteiger charge is 2.31. The van der Waals surface area contributed by atoms with E-state index in [-0.39, 0.29) is 23.2 Å². The van der Waals surface area contributed by atoms with E-state index in [1.54, 1.807) is 24.0 Å². The number of hydrogen-bond donors (Lipinski definition) is 0. The zero-order valence-electron chi connectivity index (χ0n) is 13.2. The van der Waals surface area contributed by atoms with Gasteiger partial charge in [0.15, 0.2) is 0 Å². The van der Waals surface area contributed by atoms with Crippen molar-refractivity contribution in [1.29, 1.82) is 0 Å². The van der Waals surface area contributed by atoms with Crippen LogP contribution in [0.2, 0.25) is 0 Å². The molecule has 2 heterocycles. The predicted molar refractivity (Wildman–Crippen MR) is 93.0 cm³/mol. The lowest BCUT2D eigenvalue weighted by Gasteiger charge is -2.34. The van der Waals surface area contributed by atoms with Crippen LogP contribution >= 0.6 is 15.9 Å². The highest BCUT2D eigenvalue weighted by molar-refractivity contribution is 9.10. The quantitative estimate of drug-likeness (QED) is 0.730. The molecule has 0 unspecified atom stereocenters. The molecule has 0 spiro atoms. The van der Waals surface area contributed by atoms with Gasteiger partial charge in [-0.3, -0.25) is 4.68 Å². The second kappa shape index (κ2) is 5.78. The predicted octanol–water partition coefficient (Wildman–Crippen LogP) is 4.29.